The van der Waals surface area contributed by atoms with Gasteiger partial charge in [-0.25, -0.2) is 8.78 Å². The van der Waals surface area contributed by atoms with E-state index < -0.39 is 23.7 Å². The summed E-state index contributed by atoms with van der Waals surface area (Å²) in [4.78, 5) is 0. The largest absolute Gasteiger partial charge is 0.573 e. The quantitative estimate of drug-likeness (QED) is 0.251. The van der Waals surface area contributed by atoms with Crippen LogP contribution in [0.1, 0.15) is 76.2 Å². The van der Waals surface area contributed by atoms with Crippen LogP contribution < -0.4 is 4.74 Å². The van der Waals surface area contributed by atoms with Gasteiger partial charge in [0.05, 0.1) is 0 Å². The van der Waals surface area contributed by atoms with Crippen molar-refractivity contribution in [2.75, 3.05) is 0 Å². The molecule has 0 saturated heterocycles. The van der Waals surface area contributed by atoms with Gasteiger partial charge in [-0.1, -0.05) is 31.9 Å². The molecular formula is C21H27F5O. The Morgan fingerprint density at radius 1 is 1.00 bits per heavy atom. The number of hydrogen-bond acceptors (Lipinski definition) is 1. The smallest absolute Gasteiger partial charge is 0.399 e. The highest BCUT2D eigenvalue weighted by molar-refractivity contribution is 5.33. The van der Waals surface area contributed by atoms with Crippen LogP contribution in [0, 0.1) is 17.6 Å². The van der Waals surface area contributed by atoms with Crippen molar-refractivity contribution in [1.82, 2.24) is 0 Å². The summed E-state index contributed by atoms with van der Waals surface area (Å²) in [6.45, 7) is 2.15. The molecule has 0 bridgehead atoms. The van der Waals surface area contributed by atoms with Crippen molar-refractivity contribution < 1.29 is 26.7 Å². The Labute approximate surface area is 157 Å². The fourth-order valence-electron chi connectivity index (χ4n) is 3.74. The van der Waals surface area contributed by atoms with Crippen LogP contribution in [0.4, 0.5) is 22.0 Å². The van der Waals surface area contributed by atoms with E-state index >= 15 is 0 Å². The molecule has 1 fully saturated rings. The first-order valence-corrected chi connectivity index (χ1v) is 9.69. The zero-order valence-electron chi connectivity index (χ0n) is 15.6. The second-order valence-electron chi connectivity index (χ2n) is 7.27. The van der Waals surface area contributed by atoms with E-state index in [0.717, 1.165) is 69.9 Å². The molecule has 0 atom stereocenters. The van der Waals surface area contributed by atoms with Gasteiger partial charge in [-0.05, 0) is 74.5 Å². The van der Waals surface area contributed by atoms with Crippen LogP contribution in [-0.2, 0) is 0 Å². The van der Waals surface area contributed by atoms with Crippen molar-refractivity contribution in [2.24, 2.45) is 5.92 Å². The van der Waals surface area contributed by atoms with E-state index in [0.29, 0.717) is 11.5 Å². The van der Waals surface area contributed by atoms with Crippen LogP contribution in [0.2, 0.25) is 0 Å². The van der Waals surface area contributed by atoms with Crippen LogP contribution in [0.25, 0.3) is 0 Å². The highest BCUT2D eigenvalue weighted by Crippen LogP contribution is 2.40. The normalized spacial score (nSPS) is 21.0. The molecule has 0 aliphatic heterocycles. The highest BCUT2D eigenvalue weighted by Gasteiger charge is 2.34. The molecule has 1 aliphatic carbocycles. The Balaban J connectivity index is 1.85. The molecule has 0 radical (unpaired) electrons. The molecule has 1 saturated carbocycles. The zero-order valence-corrected chi connectivity index (χ0v) is 15.6. The molecule has 6 heteroatoms. The Morgan fingerprint density at radius 2 is 1.59 bits per heavy atom. The molecule has 2 rings (SSSR count). The van der Waals surface area contributed by atoms with Crippen LogP contribution >= 0.6 is 0 Å². The van der Waals surface area contributed by atoms with Gasteiger partial charge in [0, 0.05) is 0 Å². The summed E-state index contributed by atoms with van der Waals surface area (Å²) in [5.41, 5.74) is 0.417. The van der Waals surface area contributed by atoms with Gasteiger partial charge >= 0.3 is 6.36 Å². The summed E-state index contributed by atoms with van der Waals surface area (Å²) in [6.07, 6.45) is 8.52. The summed E-state index contributed by atoms with van der Waals surface area (Å²) in [7, 11) is 0. The Hall–Kier alpha value is -1.59. The average molecular weight is 390 g/mol. The first-order valence-electron chi connectivity index (χ1n) is 9.69. The van der Waals surface area contributed by atoms with Gasteiger partial charge in [0.1, 0.15) is 0 Å². The number of allylic oxidation sites excluding steroid dienone is 2. The minimum absolute atomic E-state index is 0.0189. The number of ether oxygens (including phenoxy) is 1. The molecule has 1 nitrogen and oxygen atoms in total. The van der Waals surface area contributed by atoms with E-state index in [9.17, 15) is 22.0 Å². The predicted molar refractivity (Wildman–Crippen MR) is 95.6 cm³/mol. The molecule has 1 aromatic carbocycles. The number of hydrogen-bond donors (Lipinski definition) is 0. The molecule has 27 heavy (non-hydrogen) atoms. The fourth-order valence-corrected chi connectivity index (χ4v) is 3.74. The van der Waals surface area contributed by atoms with Crippen molar-refractivity contribution in [3.8, 4) is 5.75 Å². The predicted octanol–water partition coefficient (Wildman–Crippen LogP) is 7.66. The monoisotopic (exact) mass is 390 g/mol. The summed E-state index contributed by atoms with van der Waals surface area (Å²) < 4.78 is 67.9. The summed E-state index contributed by atoms with van der Waals surface area (Å²) in [6, 6.07) is 1.96. The first-order chi connectivity index (χ1) is 12.8. The lowest BCUT2D eigenvalue weighted by molar-refractivity contribution is -0.276. The zero-order chi connectivity index (χ0) is 19.9. The van der Waals surface area contributed by atoms with Crippen LogP contribution in [0.15, 0.2) is 24.3 Å². The third-order valence-electron chi connectivity index (χ3n) is 5.16. The number of alkyl halides is 3. The van der Waals surface area contributed by atoms with Crippen molar-refractivity contribution in [3.63, 3.8) is 0 Å². The van der Waals surface area contributed by atoms with Gasteiger partial charge in [0.25, 0.3) is 0 Å². The highest BCUT2D eigenvalue weighted by atomic mass is 19.4. The molecule has 0 unspecified atom stereocenters. The number of unbranched alkanes of at least 4 members (excludes halogenated alkanes) is 2. The molecule has 0 heterocycles. The topological polar surface area (TPSA) is 9.23 Å². The fraction of sp³-hybridized carbons (Fsp3) is 0.619. The maximum absolute atomic E-state index is 13.9. The van der Waals surface area contributed by atoms with Crippen LogP contribution in [0.3, 0.4) is 0 Å². The lowest BCUT2D eigenvalue weighted by Gasteiger charge is -2.29. The van der Waals surface area contributed by atoms with Gasteiger partial charge in [0.2, 0.25) is 5.75 Å². The molecule has 0 amide bonds. The van der Waals surface area contributed by atoms with Crippen molar-refractivity contribution in [3.05, 3.63) is 41.5 Å². The second-order valence-corrected chi connectivity index (χ2v) is 7.27. The molecule has 1 aliphatic rings. The van der Waals surface area contributed by atoms with Crippen molar-refractivity contribution in [1.29, 1.82) is 0 Å². The molecule has 1 aromatic rings. The van der Waals surface area contributed by atoms with Gasteiger partial charge in [-0.15, -0.1) is 13.2 Å². The van der Waals surface area contributed by atoms with Crippen LogP contribution in [-0.4, -0.2) is 6.36 Å². The van der Waals surface area contributed by atoms with Crippen molar-refractivity contribution in [2.45, 2.75) is 77.0 Å². The molecule has 0 N–H and O–H groups in total. The van der Waals surface area contributed by atoms with E-state index in [1.54, 1.807) is 0 Å². The second kappa shape index (κ2) is 10.1. The van der Waals surface area contributed by atoms with E-state index in [1.807, 2.05) is 0 Å². The Bertz CT molecular complexity index is 592. The number of rotatable bonds is 8. The minimum Gasteiger partial charge on any atom is -0.399 e. The van der Waals surface area contributed by atoms with Gasteiger partial charge in [-0.2, -0.15) is 0 Å². The van der Waals surface area contributed by atoms with E-state index in [-0.39, 0.29) is 5.92 Å². The lowest BCUT2D eigenvalue weighted by Crippen LogP contribution is -2.19. The van der Waals surface area contributed by atoms with E-state index in [4.69, 9.17) is 0 Å². The summed E-state index contributed by atoms with van der Waals surface area (Å²) >= 11 is 0. The SMILES string of the molecule is CCCC=CCCCC1CCC(c2cc(F)c(OC(F)(F)F)c(F)c2)CC1. The molecule has 152 valence electrons. The lowest BCUT2D eigenvalue weighted by atomic mass is 9.77. The minimum atomic E-state index is -5.12. The van der Waals surface area contributed by atoms with Crippen molar-refractivity contribution >= 4 is 0 Å². The number of halogens is 5. The van der Waals surface area contributed by atoms with Gasteiger partial charge in [0.15, 0.2) is 11.6 Å². The molecule has 0 spiro atoms. The average Bonchev–Trinajstić information content (AvgIpc) is 2.61. The van der Waals surface area contributed by atoms with E-state index in [1.165, 1.54) is 0 Å². The standard InChI is InChI=1S/C21H27F5O/c1-2-3-4-5-6-7-8-15-9-11-16(12-10-15)17-13-18(22)20(19(23)14-17)27-21(24,25)26/h4-5,13-16H,2-3,6-12H2,1H3. The third kappa shape index (κ3) is 7.15. The molecule has 0 aromatic heterocycles. The van der Waals surface area contributed by atoms with Gasteiger partial charge in [-0.3, -0.25) is 0 Å². The Morgan fingerprint density at radius 3 is 2.15 bits per heavy atom. The van der Waals surface area contributed by atoms with Gasteiger partial charge < -0.3 is 4.74 Å². The summed E-state index contributed by atoms with van der Waals surface area (Å²) in [5, 5.41) is 0. The van der Waals surface area contributed by atoms with Crippen LogP contribution in [0.5, 0.6) is 5.75 Å². The maximum atomic E-state index is 13.9. The maximum Gasteiger partial charge on any atom is 0.573 e. The third-order valence-corrected chi connectivity index (χ3v) is 5.16. The van der Waals surface area contributed by atoms with E-state index in [2.05, 4.69) is 23.8 Å². The molecular weight excluding hydrogens is 363 g/mol. The Kier molecular flexibility index (Phi) is 8.11. The first kappa shape index (κ1) is 21.7. The summed E-state index contributed by atoms with van der Waals surface area (Å²) in [5.74, 6) is -3.39. The number of benzene rings is 1.